The quantitative estimate of drug-likeness (QED) is 0.323. The van der Waals surface area contributed by atoms with Gasteiger partial charge in [0, 0.05) is 40.3 Å². The van der Waals surface area contributed by atoms with E-state index in [1.807, 2.05) is 12.3 Å². The second kappa shape index (κ2) is 11.2. The zero-order chi connectivity index (χ0) is 27.6. The van der Waals surface area contributed by atoms with Gasteiger partial charge in [-0.2, -0.15) is 13.2 Å². The second-order valence-electron chi connectivity index (χ2n) is 10.6. The minimum absolute atomic E-state index is 0.0275. The summed E-state index contributed by atoms with van der Waals surface area (Å²) in [4.78, 5) is 36.0. The van der Waals surface area contributed by atoms with Gasteiger partial charge in [0.1, 0.15) is 5.71 Å². The fourth-order valence-electron chi connectivity index (χ4n) is 6.01. The van der Waals surface area contributed by atoms with Crippen molar-refractivity contribution < 1.29 is 22.8 Å². The number of nitrogens with zero attached hydrogens (tertiary/aromatic N) is 2. The van der Waals surface area contributed by atoms with Crippen molar-refractivity contribution in [2.45, 2.75) is 75.9 Å². The van der Waals surface area contributed by atoms with E-state index >= 15 is 0 Å². The predicted octanol–water partition coefficient (Wildman–Crippen LogP) is 8.31. The molecule has 1 spiro atoms. The predicted molar refractivity (Wildman–Crippen MR) is 148 cm³/mol. The number of hydrogen-bond donors (Lipinski definition) is 0. The maximum atomic E-state index is 13.6. The van der Waals surface area contributed by atoms with Gasteiger partial charge in [0.15, 0.2) is 11.6 Å². The maximum Gasteiger partial charge on any atom is 0.416 e. The molecule has 4 nitrogen and oxygen atoms in total. The van der Waals surface area contributed by atoms with Gasteiger partial charge in [-0.05, 0) is 68.9 Å². The molecule has 8 heteroatoms. The van der Waals surface area contributed by atoms with Gasteiger partial charge in [0.2, 0.25) is 0 Å². The van der Waals surface area contributed by atoms with Gasteiger partial charge in [-0.3, -0.25) is 19.6 Å². The first-order valence-corrected chi connectivity index (χ1v) is 13.9. The van der Waals surface area contributed by atoms with Crippen molar-refractivity contribution in [3.63, 3.8) is 0 Å². The van der Waals surface area contributed by atoms with E-state index in [0.717, 1.165) is 68.3 Å². The van der Waals surface area contributed by atoms with Crippen molar-refractivity contribution in [3.05, 3.63) is 75.8 Å². The van der Waals surface area contributed by atoms with Crippen molar-refractivity contribution in [2.75, 3.05) is 0 Å². The lowest BCUT2D eigenvalue weighted by atomic mass is 9.71. The number of carbonyl (C=O) groups is 2. The van der Waals surface area contributed by atoms with Gasteiger partial charge in [0.05, 0.1) is 16.8 Å². The summed E-state index contributed by atoms with van der Waals surface area (Å²) in [5, 5.41) is 0.542. The largest absolute Gasteiger partial charge is 0.416 e. The SMILES string of the molecule is O=C(CCCC1C(=O)C(c2ccc(C(F)(F)F)cc2)=NC12CCCCC2)c1ccc(Cl)c(C2=CCCC=N2)c1. The highest BCUT2D eigenvalue weighted by Crippen LogP contribution is 2.45. The van der Waals surface area contributed by atoms with Crippen LogP contribution in [-0.4, -0.2) is 29.0 Å². The summed E-state index contributed by atoms with van der Waals surface area (Å²) in [6, 6.07) is 9.90. The van der Waals surface area contributed by atoms with Crippen molar-refractivity contribution in [1.29, 1.82) is 0 Å². The van der Waals surface area contributed by atoms with E-state index in [2.05, 4.69) is 4.99 Å². The van der Waals surface area contributed by atoms with E-state index in [4.69, 9.17) is 16.6 Å². The van der Waals surface area contributed by atoms with Gasteiger partial charge < -0.3 is 0 Å². The molecule has 0 aromatic heterocycles. The summed E-state index contributed by atoms with van der Waals surface area (Å²) < 4.78 is 39.1. The van der Waals surface area contributed by atoms with E-state index in [1.54, 1.807) is 18.2 Å². The highest BCUT2D eigenvalue weighted by Gasteiger charge is 2.49. The van der Waals surface area contributed by atoms with Crippen LogP contribution in [0.2, 0.25) is 5.02 Å². The second-order valence-corrected chi connectivity index (χ2v) is 11.0. The molecule has 1 fully saturated rings. The fraction of sp³-hybridized carbons (Fsp3) is 0.419. The molecular formula is C31H30ClF3N2O2. The minimum Gasteiger partial charge on any atom is -0.294 e. The average molecular weight is 555 g/mol. The fourth-order valence-corrected chi connectivity index (χ4v) is 6.22. The lowest BCUT2D eigenvalue weighted by Crippen LogP contribution is -2.38. The summed E-state index contributed by atoms with van der Waals surface area (Å²) in [5.41, 5.74) is 1.47. The Labute approximate surface area is 231 Å². The number of hydrogen-bond acceptors (Lipinski definition) is 4. The van der Waals surface area contributed by atoms with Crippen LogP contribution < -0.4 is 0 Å². The van der Waals surface area contributed by atoms with Crippen LogP contribution in [-0.2, 0) is 11.0 Å². The summed E-state index contributed by atoms with van der Waals surface area (Å²) in [7, 11) is 0. The van der Waals surface area contributed by atoms with Crippen molar-refractivity contribution in [1.82, 2.24) is 0 Å². The third kappa shape index (κ3) is 5.79. The van der Waals surface area contributed by atoms with Gasteiger partial charge in [-0.15, -0.1) is 0 Å². The number of alkyl halides is 3. The van der Waals surface area contributed by atoms with Crippen LogP contribution in [0.1, 0.15) is 91.3 Å². The standard InChI is InChI=1S/C31H30ClF3N2O2/c32-25-15-12-21(19-23(25)26-8-2-5-18-36-26)27(38)9-6-7-24-29(39)28(37-30(24)16-3-1-4-17-30)20-10-13-22(14-11-20)31(33,34)35/h8,10-15,18-19,24H,1-7,9,16-17H2. The number of aliphatic imine (C=N–C) groups is 2. The molecule has 5 rings (SSSR count). The number of halogens is 4. The van der Waals surface area contributed by atoms with Crippen molar-refractivity contribution >= 4 is 40.8 Å². The topological polar surface area (TPSA) is 58.9 Å². The Morgan fingerprint density at radius 1 is 1.03 bits per heavy atom. The molecule has 39 heavy (non-hydrogen) atoms. The van der Waals surface area contributed by atoms with E-state index in [1.165, 1.54) is 12.1 Å². The Kier molecular flexibility index (Phi) is 7.90. The molecular weight excluding hydrogens is 525 g/mol. The molecule has 1 saturated carbocycles. The molecule has 204 valence electrons. The molecule has 1 atom stereocenters. The van der Waals surface area contributed by atoms with E-state index in [-0.39, 0.29) is 29.6 Å². The van der Waals surface area contributed by atoms with Crippen LogP contribution in [0.4, 0.5) is 13.2 Å². The van der Waals surface area contributed by atoms with Gasteiger partial charge in [-0.25, -0.2) is 0 Å². The molecule has 0 amide bonds. The molecule has 0 saturated heterocycles. The zero-order valence-electron chi connectivity index (χ0n) is 21.6. The molecule has 2 aromatic carbocycles. The Balaban J connectivity index is 1.30. The lowest BCUT2D eigenvalue weighted by Gasteiger charge is -2.35. The summed E-state index contributed by atoms with van der Waals surface area (Å²) in [6.45, 7) is 0. The molecule has 2 aliphatic heterocycles. The Bertz CT molecular complexity index is 1350. The first kappa shape index (κ1) is 27.5. The van der Waals surface area contributed by atoms with Gasteiger partial charge in [-0.1, -0.05) is 49.1 Å². The first-order valence-electron chi connectivity index (χ1n) is 13.6. The highest BCUT2D eigenvalue weighted by molar-refractivity contribution is 6.48. The van der Waals surface area contributed by atoms with Crippen LogP contribution in [0.25, 0.3) is 5.70 Å². The molecule has 1 unspecified atom stereocenters. The molecule has 3 aliphatic rings. The summed E-state index contributed by atoms with van der Waals surface area (Å²) in [5.74, 6) is -0.522. The Hall–Kier alpha value is -3.06. The number of ketones is 2. The normalized spacial score (nSPS) is 20.7. The van der Waals surface area contributed by atoms with E-state index in [0.29, 0.717) is 29.0 Å². The van der Waals surface area contributed by atoms with Gasteiger partial charge in [0.25, 0.3) is 0 Å². The number of Topliss-reactive ketones (excluding diaryl/α,β-unsaturated/α-hetero) is 2. The smallest absolute Gasteiger partial charge is 0.294 e. The highest BCUT2D eigenvalue weighted by atomic mass is 35.5. The van der Waals surface area contributed by atoms with Crippen molar-refractivity contribution in [3.8, 4) is 0 Å². The van der Waals surface area contributed by atoms with E-state index < -0.39 is 17.3 Å². The number of allylic oxidation sites excluding steroid dienone is 1. The third-order valence-corrected chi connectivity index (χ3v) is 8.39. The molecule has 0 N–H and O–H groups in total. The van der Waals surface area contributed by atoms with Crippen molar-refractivity contribution in [2.24, 2.45) is 15.9 Å². The zero-order valence-corrected chi connectivity index (χ0v) is 22.3. The average Bonchev–Trinajstić information content (AvgIpc) is 3.19. The van der Waals surface area contributed by atoms with Crippen LogP contribution in [0.15, 0.2) is 58.5 Å². The minimum atomic E-state index is -4.44. The summed E-state index contributed by atoms with van der Waals surface area (Å²) in [6.07, 6.45) is 7.02. The third-order valence-electron chi connectivity index (χ3n) is 8.06. The van der Waals surface area contributed by atoms with Crippen LogP contribution >= 0.6 is 11.6 Å². The molecule has 1 aliphatic carbocycles. The number of carbonyl (C=O) groups excluding carboxylic acids is 2. The molecule has 2 aromatic rings. The molecule has 0 radical (unpaired) electrons. The lowest BCUT2D eigenvalue weighted by molar-refractivity contribution is -0.137. The van der Waals surface area contributed by atoms with Gasteiger partial charge >= 0.3 is 6.18 Å². The van der Waals surface area contributed by atoms with Crippen LogP contribution in [0.5, 0.6) is 0 Å². The Morgan fingerprint density at radius 3 is 2.44 bits per heavy atom. The Morgan fingerprint density at radius 2 is 1.77 bits per heavy atom. The van der Waals surface area contributed by atoms with Crippen LogP contribution in [0, 0.1) is 5.92 Å². The van der Waals surface area contributed by atoms with E-state index in [9.17, 15) is 22.8 Å². The molecule has 0 bridgehead atoms. The first-order chi connectivity index (χ1) is 18.7. The summed E-state index contributed by atoms with van der Waals surface area (Å²) >= 11 is 6.39. The monoisotopic (exact) mass is 554 g/mol. The van der Waals surface area contributed by atoms with Crippen LogP contribution in [0.3, 0.4) is 0 Å². The number of benzene rings is 2. The maximum absolute atomic E-state index is 13.6. The number of rotatable bonds is 7. The molecule has 2 heterocycles.